The largest absolute Gasteiger partial charge is 0.398 e. The summed E-state index contributed by atoms with van der Waals surface area (Å²) < 4.78 is 39.4. The maximum atomic E-state index is 13.1. The fourth-order valence-electron chi connectivity index (χ4n) is 3.84. The Morgan fingerprint density at radius 1 is 1.09 bits per heavy atom. The van der Waals surface area contributed by atoms with E-state index in [0.29, 0.717) is 6.54 Å². The summed E-state index contributed by atoms with van der Waals surface area (Å²) in [6.45, 7) is 0.633. The van der Waals surface area contributed by atoms with Gasteiger partial charge >= 0.3 is 6.18 Å². The third kappa shape index (κ3) is 3.19. The molecule has 2 saturated heterocycles. The van der Waals surface area contributed by atoms with Crippen LogP contribution >= 0.6 is 0 Å². The highest BCUT2D eigenvalue weighted by Crippen LogP contribution is 2.40. The molecule has 0 aromatic heterocycles. The van der Waals surface area contributed by atoms with Crippen LogP contribution in [0.2, 0.25) is 0 Å². The van der Waals surface area contributed by atoms with E-state index in [2.05, 4.69) is 4.90 Å². The maximum Gasteiger partial charge on any atom is 0.398 e. The molecule has 0 aliphatic carbocycles. The van der Waals surface area contributed by atoms with Gasteiger partial charge in [0.2, 0.25) is 0 Å². The number of halogens is 3. The zero-order chi connectivity index (χ0) is 15.7. The van der Waals surface area contributed by atoms with Crippen molar-refractivity contribution < 1.29 is 18.0 Å². The van der Waals surface area contributed by atoms with E-state index in [0.717, 1.165) is 24.8 Å². The number of hydrogen-bond donors (Lipinski definition) is 0. The highest BCUT2D eigenvalue weighted by atomic mass is 19.4. The van der Waals surface area contributed by atoms with Gasteiger partial charge in [-0.15, -0.1) is 0 Å². The SMILES string of the molecule is O=C1CC2CCCC(CC1C(F)(F)F)N2Cc1ccccc1. The van der Waals surface area contributed by atoms with Gasteiger partial charge in [0.25, 0.3) is 0 Å². The van der Waals surface area contributed by atoms with Crippen LogP contribution in [0.5, 0.6) is 0 Å². The van der Waals surface area contributed by atoms with Gasteiger partial charge in [-0.3, -0.25) is 9.69 Å². The molecule has 0 amide bonds. The van der Waals surface area contributed by atoms with Crippen LogP contribution in [0.3, 0.4) is 0 Å². The van der Waals surface area contributed by atoms with Gasteiger partial charge in [0.05, 0.1) is 0 Å². The molecule has 2 bridgehead atoms. The topological polar surface area (TPSA) is 20.3 Å². The first-order chi connectivity index (χ1) is 10.4. The van der Waals surface area contributed by atoms with Gasteiger partial charge in [0.15, 0.2) is 0 Å². The van der Waals surface area contributed by atoms with Crippen molar-refractivity contribution in [1.29, 1.82) is 0 Å². The van der Waals surface area contributed by atoms with Crippen LogP contribution < -0.4 is 0 Å². The van der Waals surface area contributed by atoms with Gasteiger partial charge < -0.3 is 0 Å². The number of nitrogens with zero attached hydrogens (tertiary/aromatic N) is 1. The van der Waals surface area contributed by atoms with E-state index in [9.17, 15) is 18.0 Å². The van der Waals surface area contributed by atoms with Crippen LogP contribution in [0.15, 0.2) is 30.3 Å². The van der Waals surface area contributed by atoms with Crippen LogP contribution in [0, 0.1) is 5.92 Å². The third-order valence-corrected chi connectivity index (χ3v) is 4.95. The summed E-state index contributed by atoms with van der Waals surface area (Å²) in [4.78, 5) is 14.2. The Balaban J connectivity index is 1.84. The zero-order valence-electron chi connectivity index (χ0n) is 12.4. The Kier molecular flexibility index (Phi) is 4.26. The van der Waals surface area contributed by atoms with Crippen LogP contribution in [-0.4, -0.2) is 28.9 Å². The number of fused-ring (bicyclic) bond motifs is 2. The van der Waals surface area contributed by atoms with Gasteiger partial charge in [-0.05, 0) is 24.8 Å². The van der Waals surface area contributed by atoms with Crippen molar-refractivity contribution in [3.05, 3.63) is 35.9 Å². The summed E-state index contributed by atoms with van der Waals surface area (Å²) in [5, 5.41) is 0. The second kappa shape index (κ2) is 6.03. The van der Waals surface area contributed by atoms with Crippen molar-refractivity contribution in [2.75, 3.05) is 0 Å². The predicted octanol–water partition coefficient (Wildman–Crippen LogP) is 3.95. The summed E-state index contributed by atoms with van der Waals surface area (Å²) >= 11 is 0. The number of carbonyl (C=O) groups excluding carboxylic acids is 1. The number of Topliss-reactive ketones (excluding diaryl/α,β-unsaturated/α-hetero) is 1. The van der Waals surface area contributed by atoms with E-state index in [1.807, 2.05) is 30.3 Å². The third-order valence-electron chi connectivity index (χ3n) is 4.95. The van der Waals surface area contributed by atoms with Crippen LogP contribution in [0.1, 0.15) is 37.7 Å². The summed E-state index contributed by atoms with van der Waals surface area (Å²) in [5.41, 5.74) is 1.09. The van der Waals surface area contributed by atoms with Crippen molar-refractivity contribution in [2.24, 2.45) is 5.92 Å². The number of ketones is 1. The number of hydrogen-bond acceptors (Lipinski definition) is 2. The van der Waals surface area contributed by atoms with Crippen LogP contribution in [0.25, 0.3) is 0 Å². The molecule has 120 valence electrons. The minimum Gasteiger partial charge on any atom is -0.299 e. The number of benzene rings is 1. The van der Waals surface area contributed by atoms with Crippen LogP contribution in [0.4, 0.5) is 13.2 Å². The standard InChI is InChI=1S/C17H20F3NO/c18-17(19,20)15-9-13-7-4-8-14(10-16(15)22)21(13)11-12-5-2-1-3-6-12/h1-3,5-6,13-15H,4,7-11H2. The lowest BCUT2D eigenvalue weighted by atomic mass is 9.92. The van der Waals surface area contributed by atoms with E-state index < -0.39 is 17.9 Å². The number of piperidine rings is 1. The highest BCUT2D eigenvalue weighted by molar-refractivity contribution is 5.82. The average Bonchev–Trinajstić information content (AvgIpc) is 2.54. The lowest BCUT2D eigenvalue weighted by molar-refractivity contribution is -0.183. The molecule has 1 aromatic carbocycles. The van der Waals surface area contributed by atoms with Gasteiger partial charge in [0.1, 0.15) is 11.7 Å². The molecule has 0 N–H and O–H groups in total. The molecule has 22 heavy (non-hydrogen) atoms. The second-order valence-corrected chi connectivity index (χ2v) is 6.40. The first-order valence-corrected chi connectivity index (χ1v) is 7.84. The number of alkyl halides is 3. The first-order valence-electron chi connectivity index (χ1n) is 7.84. The highest BCUT2D eigenvalue weighted by Gasteiger charge is 2.50. The Morgan fingerprint density at radius 2 is 1.77 bits per heavy atom. The van der Waals surface area contributed by atoms with E-state index in [1.54, 1.807) is 0 Å². The number of rotatable bonds is 2. The molecule has 3 atom stereocenters. The molecule has 0 radical (unpaired) electrons. The van der Waals surface area contributed by atoms with Crippen molar-refractivity contribution in [2.45, 2.75) is 56.9 Å². The molecule has 0 saturated carbocycles. The summed E-state index contributed by atoms with van der Waals surface area (Å²) in [6.07, 6.45) is -1.96. The lowest BCUT2D eigenvalue weighted by Crippen LogP contribution is -2.45. The van der Waals surface area contributed by atoms with Gasteiger partial charge in [-0.2, -0.15) is 13.2 Å². The fourth-order valence-corrected chi connectivity index (χ4v) is 3.84. The van der Waals surface area contributed by atoms with Crippen molar-refractivity contribution in [1.82, 2.24) is 4.90 Å². The molecule has 1 aromatic rings. The Morgan fingerprint density at radius 3 is 2.45 bits per heavy atom. The van der Waals surface area contributed by atoms with Gasteiger partial charge in [0, 0.05) is 25.0 Å². The molecule has 2 nitrogen and oxygen atoms in total. The van der Waals surface area contributed by atoms with Gasteiger partial charge in [-0.1, -0.05) is 36.8 Å². The maximum absolute atomic E-state index is 13.1. The molecule has 5 heteroatoms. The average molecular weight is 311 g/mol. The molecule has 2 aliphatic rings. The molecular formula is C17H20F3NO. The predicted molar refractivity (Wildman–Crippen MR) is 77.2 cm³/mol. The Labute approximate surface area is 128 Å². The monoisotopic (exact) mass is 311 g/mol. The molecule has 2 heterocycles. The Bertz CT molecular complexity index is 528. The number of carbonyl (C=O) groups is 1. The van der Waals surface area contributed by atoms with E-state index in [-0.39, 0.29) is 24.9 Å². The molecule has 2 fully saturated rings. The molecule has 3 rings (SSSR count). The van der Waals surface area contributed by atoms with E-state index >= 15 is 0 Å². The fraction of sp³-hybridized carbons (Fsp3) is 0.588. The van der Waals surface area contributed by atoms with Gasteiger partial charge in [-0.25, -0.2) is 0 Å². The van der Waals surface area contributed by atoms with E-state index in [4.69, 9.17) is 0 Å². The second-order valence-electron chi connectivity index (χ2n) is 6.40. The Hall–Kier alpha value is -1.36. The smallest absolute Gasteiger partial charge is 0.299 e. The molecule has 0 spiro atoms. The normalized spacial score (nSPS) is 30.1. The van der Waals surface area contributed by atoms with Crippen LogP contribution in [-0.2, 0) is 11.3 Å². The lowest BCUT2D eigenvalue weighted by Gasteiger charge is -2.40. The molecule has 2 aliphatic heterocycles. The summed E-state index contributed by atoms with van der Waals surface area (Å²) in [7, 11) is 0. The molecular weight excluding hydrogens is 291 g/mol. The zero-order valence-corrected chi connectivity index (χ0v) is 12.4. The summed E-state index contributed by atoms with van der Waals surface area (Å²) in [6, 6.07) is 9.60. The van der Waals surface area contributed by atoms with Crippen molar-refractivity contribution in [3.8, 4) is 0 Å². The minimum atomic E-state index is -4.41. The minimum absolute atomic E-state index is 0.0352. The van der Waals surface area contributed by atoms with E-state index in [1.165, 1.54) is 0 Å². The van der Waals surface area contributed by atoms with Crippen molar-refractivity contribution in [3.63, 3.8) is 0 Å². The molecule has 3 unspecified atom stereocenters. The first kappa shape index (κ1) is 15.5. The van der Waals surface area contributed by atoms with Crippen molar-refractivity contribution >= 4 is 5.78 Å². The quantitative estimate of drug-likeness (QED) is 0.824. The summed E-state index contributed by atoms with van der Waals surface area (Å²) in [5.74, 6) is -2.40.